The highest BCUT2D eigenvalue weighted by atomic mass is 32.2. The van der Waals surface area contributed by atoms with Crippen molar-refractivity contribution in [2.45, 2.75) is 19.9 Å². The van der Waals surface area contributed by atoms with Gasteiger partial charge in [0, 0.05) is 43.7 Å². The molecule has 0 aromatic carbocycles. The minimum atomic E-state index is -3.09. The Bertz CT molecular complexity index is 638. The van der Waals surface area contributed by atoms with Gasteiger partial charge >= 0.3 is 0 Å². The molecule has 1 atom stereocenters. The van der Waals surface area contributed by atoms with Crippen molar-refractivity contribution in [3.63, 3.8) is 0 Å². The standard InChI is InChI=1S/C14H18N2O3S/c1-11-8-15-5-3-13(11)9-16(2)14(17)7-12-4-6-20(18,19)10-12/h3-6,8,12H,7,9-10H2,1-2H3/t12-/m1/s1. The Labute approximate surface area is 119 Å². The number of allylic oxidation sites excluding steroid dienone is 1. The summed E-state index contributed by atoms with van der Waals surface area (Å²) < 4.78 is 22.6. The van der Waals surface area contributed by atoms with Crippen molar-refractivity contribution in [3.05, 3.63) is 41.1 Å². The molecule has 0 unspecified atom stereocenters. The van der Waals surface area contributed by atoms with Crippen molar-refractivity contribution in [2.24, 2.45) is 5.92 Å². The molecule has 2 heterocycles. The lowest BCUT2D eigenvalue weighted by Gasteiger charge is -2.19. The van der Waals surface area contributed by atoms with Crippen molar-refractivity contribution in [1.82, 2.24) is 9.88 Å². The Hall–Kier alpha value is -1.69. The summed E-state index contributed by atoms with van der Waals surface area (Å²) in [6.07, 6.45) is 5.31. The summed E-state index contributed by atoms with van der Waals surface area (Å²) in [6, 6.07) is 1.89. The molecule has 0 saturated carbocycles. The van der Waals surface area contributed by atoms with E-state index >= 15 is 0 Å². The van der Waals surface area contributed by atoms with E-state index in [4.69, 9.17) is 0 Å². The maximum absolute atomic E-state index is 12.1. The Morgan fingerprint density at radius 1 is 1.50 bits per heavy atom. The van der Waals surface area contributed by atoms with Gasteiger partial charge in [0.25, 0.3) is 0 Å². The number of aromatic nitrogens is 1. The van der Waals surface area contributed by atoms with Crippen LogP contribution in [0.4, 0.5) is 0 Å². The average molecular weight is 294 g/mol. The van der Waals surface area contributed by atoms with Crippen molar-refractivity contribution >= 4 is 15.7 Å². The fourth-order valence-corrected chi connectivity index (χ4v) is 3.57. The van der Waals surface area contributed by atoms with Gasteiger partial charge in [-0.25, -0.2) is 8.42 Å². The molecular weight excluding hydrogens is 276 g/mol. The first-order chi connectivity index (χ1) is 9.37. The molecule has 0 bridgehead atoms. The number of carbonyl (C=O) groups is 1. The molecule has 0 saturated heterocycles. The van der Waals surface area contributed by atoms with Crippen molar-refractivity contribution < 1.29 is 13.2 Å². The van der Waals surface area contributed by atoms with Gasteiger partial charge in [-0.05, 0) is 24.1 Å². The monoisotopic (exact) mass is 294 g/mol. The molecule has 0 aliphatic carbocycles. The lowest BCUT2D eigenvalue weighted by Crippen LogP contribution is -2.28. The van der Waals surface area contributed by atoms with Crippen LogP contribution in [0.5, 0.6) is 0 Å². The number of nitrogens with zero attached hydrogens (tertiary/aromatic N) is 2. The maximum Gasteiger partial charge on any atom is 0.223 e. The van der Waals surface area contributed by atoms with Gasteiger partial charge in [-0.15, -0.1) is 0 Å². The van der Waals surface area contributed by atoms with Crippen LogP contribution in [0.2, 0.25) is 0 Å². The first-order valence-electron chi connectivity index (χ1n) is 6.42. The molecule has 20 heavy (non-hydrogen) atoms. The van der Waals surface area contributed by atoms with Crippen LogP contribution in [-0.2, 0) is 21.2 Å². The first kappa shape index (κ1) is 14.7. The zero-order chi connectivity index (χ0) is 14.8. The molecule has 1 amide bonds. The molecule has 108 valence electrons. The van der Waals surface area contributed by atoms with E-state index in [2.05, 4.69) is 4.98 Å². The predicted molar refractivity (Wildman–Crippen MR) is 76.5 cm³/mol. The second-order valence-corrected chi connectivity index (χ2v) is 7.11. The summed E-state index contributed by atoms with van der Waals surface area (Å²) >= 11 is 0. The molecule has 0 spiro atoms. The smallest absolute Gasteiger partial charge is 0.223 e. The number of rotatable bonds is 4. The molecule has 1 aromatic heterocycles. The number of carbonyl (C=O) groups excluding carboxylic acids is 1. The molecule has 5 nitrogen and oxygen atoms in total. The first-order valence-corrected chi connectivity index (χ1v) is 8.13. The normalized spacial score (nSPS) is 20.0. The topological polar surface area (TPSA) is 67.3 Å². The third-order valence-corrected chi connectivity index (χ3v) is 4.88. The Kier molecular flexibility index (Phi) is 4.23. The number of hydrogen-bond acceptors (Lipinski definition) is 4. The fraction of sp³-hybridized carbons (Fsp3) is 0.429. The Morgan fingerprint density at radius 3 is 2.85 bits per heavy atom. The highest BCUT2D eigenvalue weighted by molar-refractivity contribution is 7.94. The van der Waals surface area contributed by atoms with Crippen LogP contribution in [-0.4, -0.2) is 37.0 Å². The highest BCUT2D eigenvalue weighted by Gasteiger charge is 2.25. The van der Waals surface area contributed by atoms with E-state index in [1.165, 1.54) is 5.41 Å². The van der Waals surface area contributed by atoms with E-state index in [9.17, 15) is 13.2 Å². The van der Waals surface area contributed by atoms with E-state index in [0.29, 0.717) is 6.54 Å². The van der Waals surface area contributed by atoms with Gasteiger partial charge in [0.05, 0.1) is 5.75 Å². The third-order valence-electron chi connectivity index (χ3n) is 3.41. The molecular formula is C14H18N2O3S. The largest absolute Gasteiger partial charge is 0.341 e. The Balaban J connectivity index is 1.93. The van der Waals surface area contributed by atoms with Gasteiger partial charge in [0.1, 0.15) is 0 Å². The number of sulfone groups is 1. The summed E-state index contributed by atoms with van der Waals surface area (Å²) in [5.74, 6) is -0.206. The zero-order valence-corrected chi connectivity index (χ0v) is 12.4. The SMILES string of the molecule is Cc1cnccc1CN(C)C(=O)C[C@H]1C=CS(=O)(=O)C1. The van der Waals surface area contributed by atoms with E-state index in [1.54, 1.807) is 30.4 Å². The number of pyridine rings is 1. The quantitative estimate of drug-likeness (QED) is 0.839. The lowest BCUT2D eigenvalue weighted by atomic mass is 10.1. The fourth-order valence-electron chi connectivity index (χ4n) is 2.17. The van der Waals surface area contributed by atoms with E-state index in [0.717, 1.165) is 11.1 Å². The molecule has 0 radical (unpaired) electrons. The van der Waals surface area contributed by atoms with E-state index < -0.39 is 9.84 Å². The zero-order valence-electron chi connectivity index (χ0n) is 11.6. The lowest BCUT2D eigenvalue weighted by molar-refractivity contribution is -0.130. The molecule has 2 rings (SSSR count). The summed E-state index contributed by atoms with van der Waals surface area (Å²) in [5, 5.41) is 1.21. The van der Waals surface area contributed by atoms with Crippen molar-refractivity contribution in [1.29, 1.82) is 0 Å². The van der Waals surface area contributed by atoms with Gasteiger partial charge in [-0.2, -0.15) is 0 Å². The van der Waals surface area contributed by atoms with Gasteiger partial charge in [-0.1, -0.05) is 6.08 Å². The second-order valence-electron chi connectivity index (χ2n) is 5.17. The van der Waals surface area contributed by atoms with Gasteiger partial charge < -0.3 is 4.90 Å². The predicted octanol–water partition coefficient (Wildman–Crippen LogP) is 1.30. The van der Waals surface area contributed by atoms with Gasteiger partial charge in [-0.3, -0.25) is 9.78 Å². The maximum atomic E-state index is 12.1. The summed E-state index contributed by atoms with van der Waals surface area (Å²) in [4.78, 5) is 17.8. The molecule has 1 aromatic rings. The van der Waals surface area contributed by atoms with Crippen LogP contribution in [0.3, 0.4) is 0 Å². The number of amides is 1. The van der Waals surface area contributed by atoms with Gasteiger partial charge in [0.15, 0.2) is 9.84 Å². The highest BCUT2D eigenvalue weighted by Crippen LogP contribution is 2.19. The summed E-state index contributed by atoms with van der Waals surface area (Å²) in [6.45, 7) is 2.46. The summed E-state index contributed by atoms with van der Waals surface area (Å²) in [5.41, 5.74) is 2.08. The van der Waals surface area contributed by atoms with Crippen molar-refractivity contribution in [3.8, 4) is 0 Å². The third kappa shape index (κ3) is 3.66. The second kappa shape index (κ2) is 5.75. The van der Waals surface area contributed by atoms with E-state index in [1.807, 2.05) is 13.0 Å². The molecule has 1 aliphatic heterocycles. The van der Waals surface area contributed by atoms with Gasteiger partial charge in [0.2, 0.25) is 5.91 Å². The van der Waals surface area contributed by atoms with E-state index in [-0.39, 0.29) is 24.0 Å². The minimum Gasteiger partial charge on any atom is -0.341 e. The van der Waals surface area contributed by atoms with Crippen LogP contribution in [0.25, 0.3) is 0 Å². The summed E-state index contributed by atoms with van der Waals surface area (Å²) in [7, 11) is -1.36. The molecule has 1 aliphatic rings. The average Bonchev–Trinajstić information content (AvgIpc) is 2.71. The van der Waals surface area contributed by atoms with Crippen LogP contribution < -0.4 is 0 Å². The van der Waals surface area contributed by atoms with Crippen LogP contribution >= 0.6 is 0 Å². The molecule has 0 N–H and O–H groups in total. The van der Waals surface area contributed by atoms with Crippen LogP contribution in [0, 0.1) is 12.8 Å². The van der Waals surface area contributed by atoms with Crippen molar-refractivity contribution in [2.75, 3.05) is 12.8 Å². The minimum absolute atomic E-state index is 0.0425. The molecule has 0 fully saturated rings. The number of hydrogen-bond donors (Lipinski definition) is 0. The Morgan fingerprint density at radius 2 is 2.25 bits per heavy atom. The number of aryl methyl sites for hydroxylation is 1. The van der Waals surface area contributed by atoms with Crippen LogP contribution in [0.1, 0.15) is 17.5 Å². The van der Waals surface area contributed by atoms with Crippen LogP contribution in [0.15, 0.2) is 29.9 Å². The molecule has 6 heteroatoms.